The zero-order valence-corrected chi connectivity index (χ0v) is 10.6. The third-order valence-electron chi connectivity index (χ3n) is 2.90. The molecular formula is C11H10BrN3O2. The number of carbonyl (C=O) groups excluding carboxylic acids is 1. The fourth-order valence-electron chi connectivity index (χ4n) is 2.07. The lowest BCUT2D eigenvalue weighted by Crippen LogP contribution is -2.24. The normalized spacial score (nSPS) is 20.4. The summed E-state index contributed by atoms with van der Waals surface area (Å²) in [5.41, 5.74) is 2.43. The second-order valence-corrected chi connectivity index (χ2v) is 5.42. The topological polar surface area (TPSA) is 59.2 Å². The zero-order chi connectivity index (χ0) is 11.8. The van der Waals surface area contributed by atoms with Crippen LogP contribution in [0.1, 0.15) is 12.0 Å². The number of hydrogen-bond donors (Lipinski definition) is 0. The van der Waals surface area contributed by atoms with Gasteiger partial charge in [0.05, 0.1) is 0 Å². The summed E-state index contributed by atoms with van der Waals surface area (Å²) in [7, 11) is 0. The monoisotopic (exact) mass is 295 g/mol. The molecule has 1 aliphatic rings. The Morgan fingerprint density at radius 2 is 2.35 bits per heavy atom. The Kier molecular flexibility index (Phi) is 2.58. The molecule has 1 aliphatic heterocycles. The lowest BCUT2D eigenvalue weighted by molar-refractivity contribution is -0.128. The number of amides is 1. The average Bonchev–Trinajstić information content (AvgIpc) is 2.87. The van der Waals surface area contributed by atoms with Crippen LogP contribution in [0.2, 0.25) is 0 Å². The molecule has 1 saturated heterocycles. The number of alkyl halides is 1. The molecule has 0 aliphatic carbocycles. The molecule has 1 aromatic carbocycles. The average molecular weight is 296 g/mol. The second-order valence-electron chi connectivity index (χ2n) is 4.12. The molecule has 0 spiro atoms. The minimum Gasteiger partial charge on any atom is -0.337 e. The van der Waals surface area contributed by atoms with Crippen molar-refractivity contribution < 1.29 is 9.42 Å². The minimum atomic E-state index is 0.167. The maximum atomic E-state index is 11.7. The number of rotatable bonds is 2. The van der Waals surface area contributed by atoms with E-state index in [0.717, 1.165) is 23.1 Å². The van der Waals surface area contributed by atoms with E-state index in [9.17, 15) is 4.79 Å². The summed E-state index contributed by atoms with van der Waals surface area (Å²) in [5.74, 6) is 0.167. The molecule has 1 fully saturated rings. The van der Waals surface area contributed by atoms with E-state index in [-0.39, 0.29) is 10.7 Å². The van der Waals surface area contributed by atoms with Gasteiger partial charge in [0.25, 0.3) is 0 Å². The van der Waals surface area contributed by atoms with Crippen molar-refractivity contribution in [3.8, 4) is 0 Å². The quantitative estimate of drug-likeness (QED) is 0.792. The van der Waals surface area contributed by atoms with Crippen molar-refractivity contribution in [1.82, 2.24) is 15.2 Å². The van der Waals surface area contributed by atoms with Crippen molar-refractivity contribution in [2.75, 3.05) is 6.54 Å². The van der Waals surface area contributed by atoms with Crippen LogP contribution in [0.5, 0.6) is 0 Å². The first-order valence-electron chi connectivity index (χ1n) is 5.36. The Morgan fingerprint density at radius 1 is 1.47 bits per heavy atom. The molecule has 3 rings (SSSR count). The molecular weight excluding hydrogens is 286 g/mol. The SMILES string of the molecule is O=C1CC(Br)CN1Cc1cccc2nonc12. The van der Waals surface area contributed by atoms with Crippen molar-refractivity contribution in [3.63, 3.8) is 0 Å². The Labute approximate surface area is 106 Å². The van der Waals surface area contributed by atoms with Gasteiger partial charge in [-0.1, -0.05) is 28.1 Å². The van der Waals surface area contributed by atoms with Gasteiger partial charge in [-0.25, -0.2) is 4.63 Å². The summed E-state index contributed by atoms with van der Waals surface area (Å²) >= 11 is 3.47. The number of halogens is 1. The van der Waals surface area contributed by atoms with Crippen LogP contribution in [0.25, 0.3) is 11.0 Å². The lowest BCUT2D eigenvalue weighted by atomic mass is 10.2. The molecule has 5 nitrogen and oxygen atoms in total. The molecule has 6 heteroatoms. The minimum absolute atomic E-state index is 0.167. The first-order valence-corrected chi connectivity index (χ1v) is 6.27. The van der Waals surface area contributed by atoms with Crippen LogP contribution in [0.3, 0.4) is 0 Å². The van der Waals surface area contributed by atoms with Gasteiger partial charge < -0.3 is 4.90 Å². The van der Waals surface area contributed by atoms with Gasteiger partial charge in [-0.05, 0) is 16.4 Å². The van der Waals surface area contributed by atoms with Gasteiger partial charge in [0.1, 0.15) is 11.0 Å². The van der Waals surface area contributed by atoms with Crippen LogP contribution in [0.15, 0.2) is 22.8 Å². The third kappa shape index (κ3) is 1.93. The molecule has 1 amide bonds. The number of benzene rings is 1. The van der Waals surface area contributed by atoms with E-state index in [2.05, 4.69) is 26.2 Å². The van der Waals surface area contributed by atoms with Crippen molar-refractivity contribution in [2.45, 2.75) is 17.8 Å². The van der Waals surface area contributed by atoms with E-state index in [4.69, 9.17) is 4.63 Å². The number of nitrogens with zero attached hydrogens (tertiary/aromatic N) is 3. The maximum Gasteiger partial charge on any atom is 0.224 e. The predicted molar refractivity (Wildman–Crippen MR) is 64.6 cm³/mol. The van der Waals surface area contributed by atoms with Crippen LogP contribution in [0, 0.1) is 0 Å². The van der Waals surface area contributed by atoms with Crippen LogP contribution in [-0.2, 0) is 11.3 Å². The molecule has 2 aromatic rings. The van der Waals surface area contributed by atoms with Crippen molar-refractivity contribution in [2.24, 2.45) is 0 Å². The smallest absolute Gasteiger partial charge is 0.224 e. The molecule has 0 N–H and O–H groups in total. The fraction of sp³-hybridized carbons (Fsp3) is 0.364. The Hall–Kier alpha value is -1.43. The van der Waals surface area contributed by atoms with Crippen LogP contribution >= 0.6 is 15.9 Å². The fourth-order valence-corrected chi connectivity index (χ4v) is 2.70. The number of hydrogen-bond acceptors (Lipinski definition) is 4. The molecule has 1 aromatic heterocycles. The van der Waals surface area contributed by atoms with E-state index in [1.807, 2.05) is 23.1 Å². The number of aromatic nitrogens is 2. The molecule has 0 bridgehead atoms. The largest absolute Gasteiger partial charge is 0.337 e. The predicted octanol–water partition coefficient (Wildman–Crippen LogP) is 1.72. The standard InChI is InChI=1S/C11H10BrN3O2/c12-8-4-10(16)15(6-8)5-7-2-1-3-9-11(7)14-17-13-9/h1-3,8H,4-6H2. The highest BCUT2D eigenvalue weighted by Crippen LogP contribution is 2.22. The van der Waals surface area contributed by atoms with Gasteiger partial charge in [0, 0.05) is 29.9 Å². The molecule has 1 atom stereocenters. The van der Waals surface area contributed by atoms with Gasteiger partial charge in [0.2, 0.25) is 5.91 Å². The summed E-state index contributed by atoms with van der Waals surface area (Å²) in [5, 5.41) is 7.66. The summed E-state index contributed by atoms with van der Waals surface area (Å²) in [6, 6.07) is 5.68. The first kappa shape index (κ1) is 10.7. The highest BCUT2D eigenvalue weighted by molar-refractivity contribution is 9.09. The molecule has 88 valence electrons. The Bertz CT molecular complexity index is 569. The summed E-state index contributed by atoms with van der Waals surface area (Å²) < 4.78 is 4.71. The summed E-state index contributed by atoms with van der Waals surface area (Å²) in [6.45, 7) is 1.30. The number of likely N-dealkylation sites (tertiary alicyclic amines) is 1. The highest BCUT2D eigenvalue weighted by Gasteiger charge is 2.28. The van der Waals surface area contributed by atoms with Crippen molar-refractivity contribution in [3.05, 3.63) is 23.8 Å². The summed E-state index contributed by atoms with van der Waals surface area (Å²) in [6.07, 6.45) is 0.563. The second kappa shape index (κ2) is 4.10. The molecule has 17 heavy (non-hydrogen) atoms. The van der Waals surface area contributed by atoms with E-state index in [1.54, 1.807) is 0 Å². The highest BCUT2D eigenvalue weighted by atomic mass is 79.9. The Balaban J connectivity index is 1.90. The van der Waals surface area contributed by atoms with Gasteiger partial charge in [-0.3, -0.25) is 4.79 Å². The van der Waals surface area contributed by atoms with Gasteiger partial charge in [-0.2, -0.15) is 0 Å². The number of carbonyl (C=O) groups is 1. The van der Waals surface area contributed by atoms with E-state index in [1.165, 1.54) is 0 Å². The van der Waals surface area contributed by atoms with Gasteiger partial charge in [0.15, 0.2) is 0 Å². The van der Waals surface area contributed by atoms with Gasteiger partial charge >= 0.3 is 0 Å². The van der Waals surface area contributed by atoms with Crippen LogP contribution < -0.4 is 0 Å². The zero-order valence-electron chi connectivity index (χ0n) is 8.97. The molecule has 2 heterocycles. The third-order valence-corrected chi connectivity index (χ3v) is 3.51. The van der Waals surface area contributed by atoms with Crippen molar-refractivity contribution in [1.29, 1.82) is 0 Å². The maximum absolute atomic E-state index is 11.7. The molecule has 0 radical (unpaired) electrons. The van der Waals surface area contributed by atoms with Gasteiger partial charge in [-0.15, -0.1) is 0 Å². The summed E-state index contributed by atoms with van der Waals surface area (Å²) in [4.78, 5) is 13.8. The van der Waals surface area contributed by atoms with E-state index < -0.39 is 0 Å². The van der Waals surface area contributed by atoms with Crippen LogP contribution in [0.4, 0.5) is 0 Å². The Morgan fingerprint density at radius 3 is 3.12 bits per heavy atom. The van der Waals surface area contributed by atoms with Crippen molar-refractivity contribution >= 4 is 32.9 Å². The lowest BCUT2D eigenvalue weighted by Gasteiger charge is -2.15. The number of fused-ring (bicyclic) bond motifs is 1. The van der Waals surface area contributed by atoms with Crippen LogP contribution in [-0.4, -0.2) is 32.5 Å². The molecule has 1 unspecified atom stereocenters. The van der Waals surface area contributed by atoms with E-state index in [0.29, 0.717) is 13.0 Å². The molecule has 0 saturated carbocycles. The first-order chi connectivity index (χ1) is 8.24. The van der Waals surface area contributed by atoms with E-state index >= 15 is 0 Å².